The Kier molecular flexibility index (Phi) is 2.51. The van der Waals surface area contributed by atoms with E-state index < -0.39 is 0 Å². The number of hydrogen-bond donors (Lipinski definition) is 0. The van der Waals surface area contributed by atoms with Gasteiger partial charge in [0, 0.05) is 4.91 Å². The molecule has 0 fully saturated rings. The van der Waals surface area contributed by atoms with Crippen molar-refractivity contribution in [2.75, 3.05) is 0 Å². The molecule has 0 aromatic carbocycles. The summed E-state index contributed by atoms with van der Waals surface area (Å²) in [6.07, 6.45) is 7.42. The minimum Gasteiger partial charge on any atom is -0.295 e. The van der Waals surface area contributed by atoms with Gasteiger partial charge in [-0.15, -0.1) is 0 Å². The van der Waals surface area contributed by atoms with Gasteiger partial charge >= 0.3 is 0 Å². The minimum absolute atomic E-state index is 0.0995. The smallest absolute Gasteiger partial charge is 0.153 e. The number of thioether (sulfide) groups is 1. The Balaban J connectivity index is 2.67. The third kappa shape index (κ3) is 2.23. The van der Waals surface area contributed by atoms with E-state index in [1.165, 1.54) is 0 Å². The molecule has 52 valence electrons. The maximum absolute atomic E-state index is 10.6. The number of allylic oxidation sites excluding steroid dienone is 4. The zero-order chi connectivity index (χ0) is 7.40. The fourth-order valence-electron chi connectivity index (χ4n) is 0.635. The summed E-state index contributed by atoms with van der Waals surface area (Å²) in [7, 11) is 0. The van der Waals surface area contributed by atoms with E-state index in [1.54, 1.807) is 24.8 Å². The first-order chi connectivity index (χ1) is 4.79. The van der Waals surface area contributed by atoms with Crippen LogP contribution in [0.5, 0.6) is 0 Å². The van der Waals surface area contributed by atoms with E-state index in [0.717, 1.165) is 4.91 Å². The Morgan fingerprint density at radius 1 is 1.60 bits per heavy atom. The molecule has 1 heterocycles. The van der Waals surface area contributed by atoms with Crippen molar-refractivity contribution in [3.63, 3.8) is 0 Å². The molecule has 0 amide bonds. The molecule has 0 spiro atoms. The van der Waals surface area contributed by atoms with E-state index >= 15 is 0 Å². The van der Waals surface area contributed by atoms with E-state index in [1.807, 2.05) is 23.6 Å². The van der Waals surface area contributed by atoms with Gasteiger partial charge in [0.25, 0.3) is 0 Å². The Morgan fingerprint density at radius 3 is 2.90 bits per heavy atom. The molecule has 1 rings (SSSR count). The number of rotatable bonds is 1. The molecule has 1 nitrogen and oxygen atoms in total. The van der Waals surface area contributed by atoms with Crippen LogP contribution in [0.3, 0.4) is 0 Å². The van der Waals surface area contributed by atoms with E-state index in [0.29, 0.717) is 0 Å². The summed E-state index contributed by atoms with van der Waals surface area (Å²) < 4.78 is 0. The Labute approximate surface area is 64.5 Å². The largest absolute Gasteiger partial charge is 0.295 e. The lowest BCUT2D eigenvalue weighted by Gasteiger charge is -1.97. The molecule has 0 saturated heterocycles. The lowest BCUT2D eigenvalue weighted by molar-refractivity contribution is -0.112. The molecule has 0 aliphatic carbocycles. The van der Waals surface area contributed by atoms with Crippen molar-refractivity contribution in [2.45, 2.75) is 6.92 Å². The van der Waals surface area contributed by atoms with Gasteiger partial charge in [0.2, 0.25) is 0 Å². The molecule has 0 N–H and O–H groups in total. The summed E-state index contributed by atoms with van der Waals surface area (Å²) in [5.41, 5.74) is 0. The number of carbonyl (C=O) groups is 1. The molecule has 2 heteroatoms. The van der Waals surface area contributed by atoms with Gasteiger partial charge in [-0.05, 0) is 24.5 Å². The minimum atomic E-state index is 0.0995. The van der Waals surface area contributed by atoms with Crippen molar-refractivity contribution in [2.24, 2.45) is 0 Å². The molecule has 10 heavy (non-hydrogen) atoms. The van der Waals surface area contributed by atoms with Crippen molar-refractivity contribution in [3.05, 3.63) is 34.6 Å². The topological polar surface area (TPSA) is 17.1 Å². The average molecular weight is 152 g/mol. The highest BCUT2D eigenvalue weighted by Gasteiger charge is 1.94. The predicted octanol–water partition coefficient (Wildman–Crippen LogP) is 2.28. The van der Waals surface area contributed by atoms with Crippen LogP contribution in [-0.4, -0.2) is 5.78 Å². The molecule has 1 aliphatic heterocycles. The molecule has 0 unspecified atom stereocenters. The van der Waals surface area contributed by atoms with Gasteiger partial charge in [-0.2, -0.15) is 0 Å². The summed E-state index contributed by atoms with van der Waals surface area (Å²) in [6, 6.07) is 0. The summed E-state index contributed by atoms with van der Waals surface area (Å²) in [5.74, 6) is 0.0995. The second-order valence-corrected chi connectivity index (χ2v) is 2.94. The average Bonchev–Trinajstić information content (AvgIpc) is 1.88. The fraction of sp³-hybridized carbons (Fsp3) is 0.125. The number of hydrogen-bond acceptors (Lipinski definition) is 2. The summed E-state index contributed by atoms with van der Waals surface area (Å²) in [4.78, 5) is 11.6. The van der Waals surface area contributed by atoms with Crippen LogP contribution >= 0.6 is 11.8 Å². The predicted molar refractivity (Wildman–Crippen MR) is 44.6 cm³/mol. The van der Waals surface area contributed by atoms with Gasteiger partial charge in [-0.1, -0.05) is 23.9 Å². The maximum atomic E-state index is 10.6. The Morgan fingerprint density at radius 2 is 2.40 bits per heavy atom. The third-order valence-corrected chi connectivity index (χ3v) is 1.82. The summed E-state index contributed by atoms with van der Waals surface area (Å²) in [5, 5.41) is 1.95. The van der Waals surface area contributed by atoms with E-state index in [9.17, 15) is 4.79 Å². The number of carbonyl (C=O) groups excluding carboxylic acids is 1. The van der Waals surface area contributed by atoms with E-state index in [4.69, 9.17) is 0 Å². The molecular weight excluding hydrogens is 144 g/mol. The van der Waals surface area contributed by atoms with Crippen LogP contribution in [0, 0.1) is 0 Å². The molecular formula is C8H8OS. The highest BCUT2D eigenvalue weighted by atomic mass is 32.2. The van der Waals surface area contributed by atoms with Gasteiger partial charge in [0.15, 0.2) is 5.78 Å². The Hall–Kier alpha value is -0.760. The van der Waals surface area contributed by atoms with Gasteiger partial charge in [0.05, 0.1) is 0 Å². The van der Waals surface area contributed by atoms with Crippen molar-refractivity contribution in [1.29, 1.82) is 0 Å². The van der Waals surface area contributed by atoms with Crippen LogP contribution in [0.1, 0.15) is 6.92 Å². The standard InChI is InChI=1S/C8H8OS/c1-7(9)6-8-4-2-3-5-10-8/h2-6H,1H3/b8-6+. The van der Waals surface area contributed by atoms with Crippen LogP contribution in [0.15, 0.2) is 34.6 Å². The molecule has 0 atom stereocenters. The maximum Gasteiger partial charge on any atom is 0.153 e. The number of ketones is 1. The molecule has 1 aliphatic rings. The zero-order valence-electron chi connectivity index (χ0n) is 5.70. The quantitative estimate of drug-likeness (QED) is 0.536. The first-order valence-electron chi connectivity index (χ1n) is 3.01. The fourth-order valence-corrected chi connectivity index (χ4v) is 1.35. The lowest BCUT2D eigenvalue weighted by atomic mass is 10.3. The van der Waals surface area contributed by atoms with Crippen molar-refractivity contribution in [3.8, 4) is 0 Å². The Bertz CT molecular complexity index is 223. The second-order valence-electron chi connectivity index (χ2n) is 1.96. The van der Waals surface area contributed by atoms with Crippen LogP contribution in [-0.2, 0) is 4.79 Å². The van der Waals surface area contributed by atoms with Crippen molar-refractivity contribution >= 4 is 17.5 Å². The second kappa shape index (κ2) is 3.42. The molecule has 0 bridgehead atoms. The van der Waals surface area contributed by atoms with Gasteiger partial charge in [-0.25, -0.2) is 0 Å². The normalized spacial score (nSPS) is 19.9. The summed E-state index contributed by atoms with van der Waals surface area (Å²) in [6.45, 7) is 1.56. The van der Waals surface area contributed by atoms with Crippen LogP contribution in [0.25, 0.3) is 0 Å². The van der Waals surface area contributed by atoms with Crippen LogP contribution in [0.4, 0.5) is 0 Å². The van der Waals surface area contributed by atoms with Gasteiger partial charge in [0.1, 0.15) is 0 Å². The van der Waals surface area contributed by atoms with E-state index in [-0.39, 0.29) is 5.78 Å². The van der Waals surface area contributed by atoms with Gasteiger partial charge < -0.3 is 0 Å². The zero-order valence-corrected chi connectivity index (χ0v) is 6.52. The third-order valence-electron chi connectivity index (χ3n) is 1.000. The molecule has 0 radical (unpaired) electrons. The van der Waals surface area contributed by atoms with Crippen LogP contribution in [0.2, 0.25) is 0 Å². The molecule has 0 aromatic heterocycles. The first kappa shape index (κ1) is 7.35. The first-order valence-corrected chi connectivity index (χ1v) is 3.89. The van der Waals surface area contributed by atoms with E-state index in [2.05, 4.69) is 0 Å². The SMILES string of the molecule is CC(=O)/C=C1\C=CC=CS1. The van der Waals surface area contributed by atoms with Crippen molar-refractivity contribution < 1.29 is 4.79 Å². The highest BCUT2D eigenvalue weighted by Crippen LogP contribution is 2.21. The van der Waals surface area contributed by atoms with Crippen LogP contribution < -0.4 is 0 Å². The van der Waals surface area contributed by atoms with Gasteiger partial charge in [-0.3, -0.25) is 4.79 Å². The monoisotopic (exact) mass is 152 g/mol. The highest BCUT2D eigenvalue weighted by molar-refractivity contribution is 8.06. The molecule has 0 saturated carbocycles. The lowest BCUT2D eigenvalue weighted by Crippen LogP contribution is -1.83. The summed E-state index contributed by atoms with van der Waals surface area (Å²) >= 11 is 1.56. The van der Waals surface area contributed by atoms with Crippen molar-refractivity contribution in [1.82, 2.24) is 0 Å². The molecule has 0 aromatic rings.